The second-order valence-corrected chi connectivity index (χ2v) is 22.5. The van der Waals surface area contributed by atoms with Crippen LogP contribution in [0.3, 0.4) is 0 Å². The minimum Gasteiger partial charge on any atom is -0.0561 e. The van der Waals surface area contributed by atoms with E-state index in [0.29, 0.717) is 0 Å². The molecule has 2 rings (SSSR count). The molecule has 2 aromatic rings. The van der Waals surface area contributed by atoms with Gasteiger partial charge in [-0.05, 0) is 101 Å². The van der Waals surface area contributed by atoms with Crippen molar-refractivity contribution < 1.29 is 0 Å². The van der Waals surface area contributed by atoms with Crippen LogP contribution in [-0.4, -0.2) is 9.74 Å². The van der Waals surface area contributed by atoms with Gasteiger partial charge in [0.05, 0.1) is 3.94 Å². The van der Waals surface area contributed by atoms with Crippen LogP contribution in [0.15, 0.2) is 24.3 Å². The standard InChI is InChI=1S/C38H59BrP2/c1-33(2,3)24-19-27(35(7,8)9)26(28(20-24)36(10,11)12)23-40-32(39)41-31-29(37(13,14)15)21-25(34(4,5)6)22-30(31)38(16,17)18/h19-23H,1-18H3. The van der Waals surface area contributed by atoms with Gasteiger partial charge in [-0.2, -0.15) is 0 Å². The molecule has 0 saturated heterocycles. The molecule has 0 saturated carbocycles. The molecular formula is C38H59BrP2. The summed E-state index contributed by atoms with van der Waals surface area (Å²) in [7, 11) is 2.47. The van der Waals surface area contributed by atoms with Crippen molar-refractivity contribution in [1.29, 1.82) is 0 Å². The molecule has 0 aliphatic carbocycles. The van der Waals surface area contributed by atoms with Gasteiger partial charge in [-0.25, -0.2) is 0 Å². The first-order valence-electron chi connectivity index (χ1n) is 15.2. The Morgan fingerprint density at radius 2 is 0.780 bits per heavy atom. The molecule has 3 heteroatoms. The molecule has 0 fully saturated rings. The quantitative estimate of drug-likeness (QED) is 0.288. The molecule has 228 valence electrons. The summed E-state index contributed by atoms with van der Waals surface area (Å²) >= 11 is 4.09. The van der Waals surface area contributed by atoms with Gasteiger partial charge in [0.2, 0.25) is 0 Å². The fraction of sp³-hybridized carbons (Fsp3) is 0.632. The molecular weight excluding hydrogens is 598 g/mol. The lowest BCUT2D eigenvalue weighted by Crippen LogP contribution is -2.29. The van der Waals surface area contributed by atoms with E-state index in [4.69, 9.17) is 0 Å². The zero-order valence-corrected chi connectivity index (χ0v) is 33.0. The minimum absolute atomic E-state index is 0.0500. The SMILES string of the molecule is CC(C)(C)c1cc(C(C)(C)C)c(C=PC(Br)=Pc2c(C(C)(C)C)cc(C(C)(C)C)cc2C(C)(C)C)c(C(C)(C)C)c1. The molecule has 41 heavy (non-hydrogen) atoms. The molecule has 0 bridgehead atoms. The van der Waals surface area contributed by atoms with Crippen LogP contribution in [-0.2, 0) is 32.5 Å². The smallest absolute Gasteiger partial charge is 0.0561 e. The second kappa shape index (κ2) is 12.0. The van der Waals surface area contributed by atoms with Gasteiger partial charge in [-0.1, -0.05) is 157 Å². The van der Waals surface area contributed by atoms with E-state index in [1.807, 2.05) is 0 Å². The van der Waals surface area contributed by atoms with Crippen molar-refractivity contribution in [3.8, 4) is 0 Å². The Balaban J connectivity index is 2.91. The van der Waals surface area contributed by atoms with E-state index in [9.17, 15) is 0 Å². The Bertz CT molecular complexity index is 1240. The van der Waals surface area contributed by atoms with Crippen molar-refractivity contribution in [2.45, 2.75) is 157 Å². The first kappa shape index (κ1) is 36.5. The Morgan fingerprint density at radius 1 is 0.488 bits per heavy atom. The highest BCUT2D eigenvalue weighted by molar-refractivity contribution is 9.21. The summed E-state index contributed by atoms with van der Waals surface area (Å²) in [5.74, 6) is 2.47. The van der Waals surface area contributed by atoms with E-state index in [0.717, 1.165) is 0 Å². The van der Waals surface area contributed by atoms with Crippen LogP contribution >= 0.6 is 32.3 Å². The van der Waals surface area contributed by atoms with Gasteiger partial charge < -0.3 is 0 Å². The largest absolute Gasteiger partial charge is 0.0721 e. The van der Waals surface area contributed by atoms with Crippen molar-refractivity contribution in [3.05, 3.63) is 63.2 Å². The molecule has 0 N–H and O–H groups in total. The van der Waals surface area contributed by atoms with Crippen molar-refractivity contribution in [1.82, 2.24) is 0 Å². The molecule has 0 heterocycles. The van der Waals surface area contributed by atoms with E-state index >= 15 is 0 Å². The highest BCUT2D eigenvalue weighted by Gasteiger charge is 2.30. The summed E-state index contributed by atoms with van der Waals surface area (Å²) in [5, 5.41) is 1.46. The molecule has 0 amide bonds. The van der Waals surface area contributed by atoms with Crippen LogP contribution in [0, 0.1) is 0 Å². The van der Waals surface area contributed by atoms with Crippen molar-refractivity contribution in [3.63, 3.8) is 0 Å². The Hall–Kier alpha value is -0.740. The summed E-state index contributed by atoms with van der Waals surface area (Å²) in [5.41, 5.74) is 10.5. The topological polar surface area (TPSA) is 0 Å². The van der Waals surface area contributed by atoms with Crippen LogP contribution < -0.4 is 5.30 Å². The summed E-state index contributed by atoms with van der Waals surface area (Å²) < 4.78 is 1.29. The lowest BCUT2D eigenvalue weighted by Gasteiger charge is -2.33. The monoisotopic (exact) mass is 656 g/mol. The summed E-state index contributed by atoms with van der Waals surface area (Å²) in [6, 6.07) is 9.92. The van der Waals surface area contributed by atoms with Crippen molar-refractivity contribution >= 4 is 47.4 Å². The summed E-state index contributed by atoms with van der Waals surface area (Å²) in [6.45, 7) is 42.3. The van der Waals surface area contributed by atoms with Crippen LogP contribution in [0.1, 0.15) is 164 Å². The van der Waals surface area contributed by atoms with E-state index in [1.54, 1.807) is 0 Å². The molecule has 0 aliphatic rings. The Labute approximate surface area is 266 Å². The van der Waals surface area contributed by atoms with Gasteiger partial charge in [0.15, 0.2) is 0 Å². The predicted octanol–water partition coefficient (Wildman–Crippen LogP) is 12.3. The van der Waals surface area contributed by atoms with Crippen LogP contribution in [0.2, 0.25) is 0 Å². The number of hydrogen-bond donors (Lipinski definition) is 0. The predicted molar refractivity (Wildman–Crippen MR) is 198 cm³/mol. The number of rotatable bonds is 3. The van der Waals surface area contributed by atoms with Crippen LogP contribution in [0.5, 0.6) is 0 Å². The van der Waals surface area contributed by atoms with E-state index in [1.165, 1.54) is 64.6 Å². The van der Waals surface area contributed by atoms with Gasteiger partial charge in [-0.15, -0.1) is 0 Å². The minimum atomic E-state index is 0.0500. The van der Waals surface area contributed by atoms with Gasteiger partial charge in [0.1, 0.15) is 0 Å². The maximum absolute atomic E-state index is 4.09. The first-order chi connectivity index (χ1) is 18.0. The maximum Gasteiger partial charge on any atom is 0.0721 e. The number of hydrogen-bond acceptors (Lipinski definition) is 0. The van der Waals surface area contributed by atoms with Crippen molar-refractivity contribution in [2.24, 2.45) is 0 Å². The highest BCUT2D eigenvalue weighted by atomic mass is 79.9. The molecule has 0 aromatic heterocycles. The molecule has 0 spiro atoms. The van der Waals surface area contributed by atoms with E-state index in [2.05, 4.69) is 171 Å². The average Bonchev–Trinajstić information content (AvgIpc) is 2.72. The van der Waals surface area contributed by atoms with Crippen LogP contribution in [0.25, 0.3) is 0 Å². The van der Waals surface area contributed by atoms with E-state index < -0.39 is 0 Å². The summed E-state index contributed by atoms with van der Waals surface area (Å²) in [4.78, 5) is 0. The molecule has 0 nitrogen and oxygen atoms in total. The lowest BCUT2D eigenvalue weighted by atomic mass is 9.73. The molecule has 0 aliphatic heterocycles. The van der Waals surface area contributed by atoms with Crippen LogP contribution in [0.4, 0.5) is 0 Å². The molecule has 0 unspecified atom stereocenters. The third-order valence-corrected chi connectivity index (χ3v) is 11.0. The normalized spacial score (nSPS) is 14.8. The Kier molecular flexibility index (Phi) is 10.7. The van der Waals surface area contributed by atoms with Gasteiger partial charge in [0.25, 0.3) is 0 Å². The molecule has 2 aromatic carbocycles. The second-order valence-electron chi connectivity index (χ2n) is 18.0. The lowest BCUT2D eigenvalue weighted by molar-refractivity contribution is 0.547. The zero-order valence-electron chi connectivity index (χ0n) is 29.7. The van der Waals surface area contributed by atoms with Gasteiger partial charge in [-0.3, -0.25) is 0 Å². The summed E-state index contributed by atoms with van der Waals surface area (Å²) in [6.07, 6.45) is 0. The average molecular weight is 658 g/mol. The Morgan fingerprint density at radius 3 is 1.05 bits per heavy atom. The fourth-order valence-electron chi connectivity index (χ4n) is 5.04. The third-order valence-electron chi connectivity index (χ3n) is 7.76. The number of benzene rings is 2. The van der Waals surface area contributed by atoms with Crippen molar-refractivity contribution in [2.75, 3.05) is 0 Å². The maximum atomic E-state index is 4.09. The van der Waals surface area contributed by atoms with E-state index in [-0.39, 0.29) is 32.5 Å². The fourth-order valence-corrected chi connectivity index (χ4v) is 8.32. The first-order valence-corrected chi connectivity index (χ1v) is 17.9. The molecule has 0 atom stereocenters. The zero-order chi connectivity index (χ0) is 32.1. The number of halogens is 1. The van der Waals surface area contributed by atoms with Gasteiger partial charge in [0, 0.05) is 5.30 Å². The highest BCUT2D eigenvalue weighted by Crippen LogP contribution is 2.40. The third kappa shape index (κ3) is 9.37. The van der Waals surface area contributed by atoms with Gasteiger partial charge >= 0.3 is 0 Å². The molecule has 0 radical (unpaired) electrons.